The Bertz CT molecular complexity index is 953. The van der Waals surface area contributed by atoms with Gasteiger partial charge < -0.3 is 9.84 Å². The molecule has 0 bridgehead atoms. The maximum atomic E-state index is 10.5. The van der Waals surface area contributed by atoms with Gasteiger partial charge in [-0.3, -0.25) is 0 Å². The number of carboxylic acid groups (broad SMARTS) is 1. The molecule has 3 rings (SSSR count). The highest BCUT2D eigenvalue weighted by atomic mass is 16.7. The fourth-order valence-corrected chi connectivity index (χ4v) is 1.97. The van der Waals surface area contributed by atoms with Gasteiger partial charge in [0.1, 0.15) is 12.0 Å². The maximum absolute atomic E-state index is 10.5. The first-order chi connectivity index (χ1) is 11.6. The van der Waals surface area contributed by atoms with Gasteiger partial charge in [0.15, 0.2) is 0 Å². The molecular formula is C17H12N4O3. The maximum Gasteiger partial charge on any atom is 0.513 e. The molecule has 7 nitrogen and oxygen atoms in total. The minimum Gasteiger partial charge on any atom is -0.449 e. The van der Waals surface area contributed by atoms with Crippen molar-refractivity contribution in [2.45, 2.75) is 6.92 Å². The van der Waals surface area contributed by atoms with Crippen molar-refractivity contribution in [3.05, 3.63) is 65.7 Å². The Hall–Kier alpha value is -3.66. The Morgan fingerprint density at radius 2 is 2.04 bits per heavy atom. The number of carbonyl (C=O) groups is 1. The zero-order valence-corrected chi connectivity index (χ0v) is 12.7. The second-order valence-electron chi connectivity index (χ2n) is 4.80. The van der Waals surface area contributed by atoms with Gasteiger partial charge in [0.2, 0.25) is 0 Å². The van der Waals surface area contributed by atoms with E-state index in [9.17, 15) is 4.79 Å². The third kappa shape index (κ3) is 3.75. The lowest BCUT2D eigenvalue weighted by atomic mass is 10.2. The van der Waals surface area contributed by atoms with Gasteiger partial charge >= 0.3 is 12.2 Å². The molecule has 118 valence electrons. The first-order valence-electron chi connectivity index (χ1n) is 6.99. The van der Waals surface area contributed by atoms with Crippen LogP contribution in [0.3, 0.4) is 0 Å². The third-order valence-electron chi connectivity index (χ3n) is 2.98. The Morgan fingerprint density at radius 1 is 1.21 bits per heavy atom. The van der Waals surface area contributed by atoms with E-state index in [0.717, 1.165) is 11.3 Å². The minimum atomic E-state index is -1.46. The van der Waals surface area contributed by atoms with Crippen LogP contribution in [0.25, 0.3) is 5.69 Å². The van der Waals surface area contributed by atoms with Crippen molar-refractivity contribution in [2.75, 3.05) is 0 Å². The van der Waals surface area contributed by atoms with Gasteiger partial charge in [-0.2, -0.15) is 4.98 Å². The summed E-state index contributed by atoms with van der Waals surface area (Å²) in [4.78, 5) is 18.6. The summed E-state index contributed by atoms with van der Waals surface area (Å²) in [6, 6.07) is 12.7. The number of pyridine rings is 1. The lowest BCUT2D eigenvalue weighted by Gasteiger charge is -2.00. The molecule has 2 aromatic heterocycles. The van der Waals surface area contributed by atoms with Gasteiger partial charge in [0.25, 0.3) is 0 Å². The smallest absolute Gasteiger partial charge is 0.449 e. The number of hydrogen-bond acceptors (Lipinski definition) is 5. The fourth-order valence-electron chi connectivity index (χ4n) is 1.97. The van der Waals surface area contributed by atoms with E-state index in [-0.39, 0.29) is 6.01 Å². The summed E-state index contributed by atoms with van der Waals surface area (Å²) < 4.78 is 5.81. The molecule has 7 heteroatoms. The van der Waals surface area contributed by atoms with Crippen LogP contribution in [0, 0.1) is 18.8 Å². The van der Waals surface area contributed by atoms with Gasteiger partial charge in [-0.05, 0) is 43.2 Å². The molecule has 0 spiro atoms. The van der Waals surface area contributed by atoms with Crippen LogP contribution in [0.1, 0.15) is 17.0 Å². The molecule has 0 aliphatic carbocycles. The van der Waals surface area contributed by atoms with Crippen LogP contribution in [0.4, 0.5) is 4.79 Å². The van der Waals surface area contributed by atoms with Crippen LogP contribution in [0.15, 0.2) is 48.8 Å². The SMILES string of the molecule is Cc1cccc(C#Cc2cccc(-n3cnc(OC(=O)O)n3)c2)n1. The number of ether oxygens (including phenoxy) is 1. The van der Waals surface area contributed by atoms with Crippen molar-refractivity contribution in [3.63, 3.8) is 0 Å². The molecular weight excluding hydrogens is 308 g/mol. The normalized spacial score (nSPS) is 9.88. The molecule has 0 radical (unpaired) electrons. The highest BCUT2D eigenvalue weighted by Gasteiger charge is 2.07. The summed E-state index contributed by atoms with van der Waals surface area (Å²) in [5.41, 5.74) is 3.06. The van der Waals surface area contributed by atoms with Gasteiger partial charge in [0, 0.05) is 11.3 Å². The van der Waals surface area contributed by atoms with E-state index in [4.69, 9.17) is 5.11 Å². The molecule has 1 aromatic carbocycles. The molecule has 0 aliphatic rings. The van der Waals surface area contributed by atoms with Gasteiger partial charge in [-0.15, -0.1) is 5.10 Å². The van der Waals surface area contributed by atoms with E-state index in [0.29, 0.717) is 11.4 Å². The number of aryl methyl sites for hydroxylation is 1. The van der Waals surface area contributed by atoms with Crippen LogP contribution in [-0.4, -0.2) is 31.0 Å². The number of nitrogens with zero attached hydrogens (tertiary/aromatic N) is 4. The topological polar surface area (TPSA) is 90.1 Å². The summed E-state index contributed by atoms with van der Waals surface area (Å²) in [6.07, 6.45) is -0.0922. The zero-order valence-electron chi connectivity index (χ0n) is 12.7. The van der Waals surface area contributed by atoms with E-state index in [1.165, 1.54) is 11.0 Å². The average molecular weight is 320 g/mol. The molecule has 24 heavy (non-hydrogen) atoms. The summed E-state index contributed by atoms with van der Waals surface area (Å²) in [5, 5.41) is 12.5. The van der Waals surface area contributed by atoms with E-state index in [1.54, 1.807) is 6.07 Å². The van der Waals surface area contributed by atoms with Crippen molar-refractivity contribution in [1.29, 1.82) is 0 Å². The molecule has 0 amide bonds. The zero-order chi connectivity index (χ0) is 16.9. The predicted octanol–water partition coefficient (Wildman–Crippen LogP) is 2.43. The van der Waals surface area contributed by atoms with Crippen LogP contribution in [0.5, 0.6) is 6.01 Å². The van der Waals surface area contributed by atoms with Crippen LogP contribution >= 0.6 is 0 Å². The van der Waals surface area contributed by atoms with Crippen molar-refractivity contribution >= 4 is 6.16 Å². The monoisotopic (exact) mass is 320 g/mol. The summed E-state index contributed by atoms with van der Waals surface area (Å²) in [6.45, 7) is 1.91. The Morgan fingerprint density at radius 3 is 2.83 bits per heavy atom. The minimum absolute atomic E-state index is 0.233. The molecule has 0 saturated heterocycles. The van der Waals surface area contributed by atoms with Gasteiger partial charge in [-0.1, -0.05) is 18.1 Å². The Labute approximate surface area is 137 Å². The average Bonchev–Trinajstić information content (AvgIpc) is 3.01. The standard InChI is InChI=1S/C17H12N4O3/c1-12-4-2-6-14(19-12)9-8-13-5-3-7-15(10-13)21-11-18-16(20-21)24-17(22)23/h2-7,10-11H,1H3,(H,22,23). The Kier molecular flexibility index (Phi) is 4.21. The quantitative estimate of drug-likeness (QED) is 0.576. The third-order valence-corrected chi connectivity index (χ3v) is 2.98. The molecule has 0 atom stereocenters. The second kappa shape index (κ2) is 6.62. The van der Waals surface area contributed by atoms with E-state index in [1.807, 2.05) is 43.3 Å². The fraction of sp³-hybridized carbons (Fsp3) is 0.0588. The highest BCUT2D eigenvalue weighted by molar-refractivity contribution is 5.59. The first-order valence-corrected chi connectivity index (χ1v) is 6.99. The molecule has 1 N–H and O–H groups in total. The predicted molar refractivity (Wildman–Crippen MR) is 85.0 cm³/mol. The van der Waals surface area contributed by atoms with E-state index >= 15 is 0 Å². The second-order valence-corrected chi connectivity index (χ2v) is 4.80. The molecule has 0 fully saturated rings. The summed E-state index contributed by atoms with van der Waals surface area (Å²) in [7, 11) is 0. The van der Waals surface area contributed by atoms with Gasteiger partial charge in [0.05, 0.1) is 5.69 Å². The number of rotatable bonds is 2. The van der Waals surface area contributed by atoms with E-state index in [2.05, 4.69) is 31.6 Å². The summed E-state index contributed by atoms with van der Waals surface area (Å²) >= 11 is 0. The first kappa shape index (κ1) is 15.2. The van der Waals surface area contributed by atoms with Crippen LogP contribution < -0.4 is 4.74 Å². The van der Waals surface area contributed by atoms with Crippen LogP contribution in [-0.2, 0) is 0 Å². The van der Waals surface area contributed by atoms with Crippen LogP contribution in [0.2, 0.25) is 0 Å². The number of aromatic nitrogens is 4. The van der Waals surface area contributed by atoms with Crippen molar-refractivity contribution < 1.29 is 14.6 Å². The molecule has 0 aliphatic heterocycles. The number of hydrogen-bond donors (Lipinski definition) is 1. The Balaban J connectivity index is 1.84. The van der Waals surface area contributed by atoms with Crippen molar-refractivity contribution in [2.24, 2.45) is 0 Å². The van der Waals surface area contributed by atoms with Crippen molar-refractivity contribution in [1.82, 2.24) is 19.7 Å². The lowest BCUT2D eigenvalue weighted by Crippen LogP contribution is -2.05. The molecule has 3 aromatic rings. The molecule has 0 unspecified atom stereocenters. The highest BCUT2D eigenvalue weighted by Crippen LogP contribution is 2.11. The molecule has 0 saturated carbocycles. The lowest BCUT2D eigenvalue weighted by molar-refractivity contribution is 0.140. The van der Waals surface area contributed by atoms with Gasteiger partial charge in [-0.25, -0.2) is 14.5 Å². The molecule has 2 heterocycles. The number of benzene rings is 1. The summed E-state index contributed by atoms with van der Waals surface area (Å²) in [5.74, 6) is 6.04. The largest absolute Gasteiger partial charge is 0.513 e. The van der Waals surface area contributed by atoms with E-state index < -0.39 is 6.16 Å². The van der Waals surface area contributed by atoms with Crippen molar-refractivity contribution in [3.8, 4) is 23.5 Å².